The summed E-state index contributed by atoms with van der Waals surface area (Å²) in [7, 11) is 1.25. The lowest BCUT2D eigenvalue weighted by Gasteiger charge is -2.35. The summed E-state index contributed by atoms with van der Waals surface area (Å²) in [6.45, 7) is 13.0. The lowest BCUT2D eigenvalue weighted by atomic mass is 9.97. The zero-order valence-electron chi connectivity index (χ0n) is 25.1. The lowest BCUT2D eigenvalue weighted by Crippen LogP contribution is -2.55. The Morgan fingerprint density at radius 3 is 2.21 bits per heavy atom. The van der Waals surface area contributed by atoms with Gasteiger partial charge in [0.25, 0.3) is 0 Å². The van der Waals surface area contributed by atoms with Gasteiger partial charge in [0.2, 0.25) is 11.8 Å². The predicted molar refractivity (Wildman–Crippen MR) is 152 cm³/mol. The van der Waals surface area contributed by atoms with E-state index in [0.717, 1.165) is 37.7 Å². The van der Waals surface area contributed by atoms with Gasteiger partial charge in [-0.1, -0.05) is 82.7 Å². The molecule has 9 nitrogen and oxygen atoms in total. The van der Waals surface area contributed by atoms with Gasteiger partial charge in [-0.3, -0.25) is 14.4 Å². The van der Waals surface area contributed by atoms with Crippen molar-refractivity contribution in [2.45, 2.75) is 105 Å². The summed E-state index contributed by atoms with van der Waals surface area (Å²) in [6, 6.07) is 5.48. The standard InChI is InChI=1S/C30H49N3O6/c1-9-10-11-12-13-14-18-33(28(36)25(21(2)3)32-29(37)39-30(5,6)7)26(23-17-15-16-22(4)19-23)27(35)31-20-24(34)38-8/h15-17,19,21,25-26H,9-14,18,20H2,1-8H3,(H,31,35)(H,32,37). The third-order valence-corrected chi connectivity index (χ3v) is 6.19. The first-order valence-electron chi connectivity index (χ1n) is 14.0. The zero-order valence-corrected chi connectivity index (χ0v) is 25.1. The number of amides is 3. The van der Waals surface area contributed by atoms with Crippen LogP contribution in [0.1, 0.15) is 97.2 Å². The van der Waals surface area contributed by atoms with E-state index in [1.54, 1.807) is 26.8 Å². The highest BCUT2D eigenvalue weighted by atomic mass is 16.6. The number of hydrogen-bond acceptors (Lipinski definition) is 6. The van der Waals surface area contributed by atoms with Gasteiger partial charge in [-0.2, -0.15) is 0 Å². The van der Waals surface area contributed by atoms with Gasteiger partial charge in [0.1, 0.15) is 24.2 Å². The molecule has 0 fully saturated rings. The number of esters is 1. The quantitative estimate of drug-likeness (QED) is 0.234. The third kappa shape index (κ3) is 12.5. The van der Waals surface area contributed by atoms with Crippen molar-refractivity contribution in [3.63, 3.8) is 0 Å². The minimum Gasteiger partial charge on any atom is -0.468 e. The van der Waals surface area contributed by atoms with E-state index in [9.17, 15) is 19.2 Å². The molecule has 2 N–H and O–H groups in total. The number of carbonyl (C=O) groups excluding carboxylic acids is 4. The van der Waals surface area contributed by atoms with E-state index in [2.05, 4.69) is 22.3 Å². The Labute approximate surface area is 234 Å². The maximum atomic E-state index is 14.1. The maximum Gasteiger partial charge on any atom is 0.408 e. The van der Waals surface area contributed by atoms with Crippen molar-refractivity contribution in [3.05, 3.63) is 35.4 Å². The van der Waals surface area contributed by atoms with Crippen LogP contribution in [0.25, 0.3) is 0 Å². The van der Waals surface area contributed by atoms with Crippen molar-refractivity contribution >= 4 is 23.9 Å². The summed E-state index contributed by atoms with van der Waals surface area (Å²) < 4.78 is 10.1. The number of carbonyl (C=O) groups is 4. The molecule has 9 heteroatoms. The second kappa shape index (κ2) is 16.8. The first kappa shape index (κ1) is 33.9. The van der Waals surface area contributed by atoms with Gasteiger partial charge in [0.15, 0.2) is 0 Å². The number of alkyl carbamates (subject to hydrolysis) is 1. The summed E-state index contributed by atoms with van der Waals surface area (Å²) >= 11 is 0. The molecule has 2 unspecified atom stereocenters. The third-order valence-electron chi connectivity index (χ3n) is 6.19. The van der Waals surface area contributed by atoms with Crippen LogP contribution in [0, 0.1) is 12.8 Å². The van der Waals surface area contributed by atoms with Crippen LogP contribution in [0.2, 0.25) is 0 Å². The molecular formula is C30H49N3O6. The molecule has 0 aliphatic rings. The number of benzene rings is 1. The molecule has 0 aromatic heterocycles. The Hall–Kier alpha value is -3.10. The molecular weight excluding hydrogens is 498 g/mol. The van der Waals surface area contributed by atoms with E-state index in [1.807, 2.05) is 39.0 Å². The highest BCUT2D eigenvalue weighted by molar-refractivity contribution is 5.93. The van der Waals surface area contributed by atoms with Crippen LogP contribution in [0.5, 0.6) is 0 Å². The van der Waals surface area contributed by atoms with E-state index in [1.165, 1.54) is 12.0 Å². The number of aryl methyl sites for hydroxylation is 1. The lowest BCUT2D eigenvalue weighted by molar-refractivity contribution is -0.145. The SMILES string of the molecule is CCCCCCCCN(C(=O)C(NC(=O)OC(C)(C)C)C(C)C)C(C(=O)NCC(=O)OC)c1cccc(C)c1. The minimum absolute atomic E-state index is 0.270. The number of hydrogen-bond donors (Lipinski definition) is 2. The van der Waals surface area contributed by atoms with Crippen LogP contribution in [0.15, 0.2) is 24.3 Å². The molecule has 0 heterocycles. The topological polar surface area (TPSA) is 114 Å². The number of rotatable bonds is 15. The van der Waals surface area contributed by atoms with Crippen molar-refractivity contribution in [2.24, 2.45) is 5.92 Å². The monoisotopic (exact) mass is 547 g/mol. The average Bonchev–Trinajstić information content (AvgIpc) is 2.85. The largest absolute Gasteiger partial charge is 0.468 e. The molecule has 1 aromatic rings. The molecule has 0 saturated carbocycles. The highest BCUT2D eigenvalue weighted by Gasteiger charge is 2.37. The van der Waals surface area contributed by atoms with E-state index in [0.29, 0.717) is 18.5 Å². The van der Waals surface area contributed by atoms with Crippen LogP contribution in [-0.2, 0) is 23.9 Å². The maximum absolute atomic E-state index is 14.1. The van der Waals surface area contributed by atoms with Crippen molar-refractivity contribution in [2.75, 3.05) is 20.2 Å². The summed E-state index contributed by atoms with van der Waals surface area (Å²) in [5.41, 5.74) is 0.819. The molecule has 39 heavy (non-hydrogen) atoms. The van der Waals surface area contributed by atoms with Crippen LogP contribution in [0.3, 0.4) is 0 Å². The van der Waals surface area contributed by atoms with Gasteiger partial charge >= 0.3 is 12.1 Å². The predicted octanol–water partition coefficient (Wildman–Crippen LogP) is 5.06. The molecule has 0 radical (unpaired) electrons. The van der Waals surface area contributed by atoms with Gasteiger partial charge in [-0.05, 0) is 45.6 Å². The Kier molecular flexibility index (Phi) is 14.6. The van der Waals surface area contributed by atoms with Gasteiger partial charge in [0, 0.05) is 6.54 Å². The Balaban J connectivity index is 3.41. The number of methoxy groups -OCH3 is 1. The van der Waals surface area contributed by atoms with E-state index in [4.69, 9.17) is 4.74 Å². The molecule has 0 bridgehead atoms. The Morgan fingerprint density at radius 1 is 1.00 bits per heavy atom. The fraction of sp³-hybridized carbons (Fsp3) is 0.667. The van der Waals surface area contributed by atoms with Crippen LogP contribution in [-0.4, -0.2) is 60.6 Å². The zero-order chi connectivity index (χ0) is 29.6. The first-order chi connectivity index (χ1) is 18.3. The van der Waals surface area contributed by atoms with Crippen molar-refractivity contribution in [3.8, 4) is 0 Å². The Bertz CT molecular complexity index is 941. The van der Waals surface area contributed by atoms with Crippen LogP contribution in [0.4, 0.5) is 4.79 Å². The smallest absolute Gasteiger partial charge is 0.408 e. The Morgan fingerprint density at radius 2 is 1.64 bits per heavy atom. The molecule has 1 aromatic carbocycles. The summed E-state index contributed by atoms with van der Waals surface area (Å²) in [5.74, 6) is -1.74. The van der Waals surface area contributed by atoms with Gasteiger partial charge in [-0.25, -0.2) is 4.79 Å². The molecule has 2 atom stereocenters. The van der Waals surface area contributed by atoms with Gasteiger partial charge < -0.3 is 25.0 Å². The van der Waals surface area contributed by atoms with Gasteiger partial charge in [0.05, 0.1) is 7.11 Å². The minimum atomic E-state index is -1.00. The summed E-state index contributed by atoms with van der Waals surface area (Å²) in [4.78, 5) is 53.7. The molecule has 0 saturated heterocycles. The van der Waals surface area contributed by atoms with Crippen LogP contribution >= 0.6 is 0 Å². The normalized spacial score (nSPS) is 12.8. The summed E-state index contributed by atoms with van der Waals surface area (Å²) in [6.07, 6.45) is 5.33. The van der Waals surface area contributed by atoms with Crippen molar-refractivity contribution in [1.82, 2.24) is 15.5 Å². The highest BCUT2D eigenvalue weighted by Crippen LogP contribution is 2.26. The molecule has 220 valence electrons. The number of nitrogens with zero attached hydrogens (tertiary/aromatic N) is 1. The summed E-state index contributed by atoms with van der Waals surface area (Å²) in [5, 5.41) is 5.36. The van der Waals surface area contributed by atoms with E-state index in [-0.39, 0.29) is 18.4 Å². The van der Waals surface area contributed by atoms with Crippen molar-refractivity contribution in [1.29, 1.82) is 0 Å². The molecule has 0 aliphatic heterocycles. The van der Waals surface area contributed by atoms with E-state index < -0.39 is 35.7 Å². The average molecular weight is 548 g/mol. The fourth-order valence-corrected chi connectivity index (χ4v) is 4.20. The molecule has 0 spiro atoms. The van der Waals surface area contributed by atoms with Crippen LogP contribution < -0.4 is 10.6 Å². The van der Waals surface area contributed by atoms with E-state index >= 15 is 0 Å². The molecule has 3 amide bonds. The molecule has 0 aliphatic carbocycles. The fourth-order valence-electron chi connectivity index (χ4n) is 4.20. The molecule has 1 rings (SSSR count). The second-order valence-electron chi connectivity index (χ2n) is 11.3. The number of nitrogens with one attached hydrogen (secondary N) is 2. The number of unbranched alkanes of at least 4 members (excludes halogenated alkanes) is 5. The van der Waals surface area contributed by atoms with Crippen molar-refractivity contribution < 1.29 is 28.7 Å². The second-order valence-corrected chi connectivity index (χ2v) is 11.3. The first-order valence-corrected chi connectivity index (χ1v) is 14.0. The number of ether oxygens (including phenoxy) is 2. The van der Waals surface area contributed by atoms with Gasteiger partial charge in [-0.15, -0.1) is 0 Å².